The van der Waals surface area contributed by atoms with Crippen LogP contribution in [0.25, 0.3) is 0 Å². The van der Waals surface area contributed by atoms with Gasteiger partial charge in [-0.05, 0) is 13.0 Å². The maximum Gasteiger partial charge on any atom is 0.422 e. The first-order valence-electron chi connectivity index (χ1n) is 6.64. The molecule has 0 spiro atoms. The number of ether oxygens (including phenoxy) is 1. The van der Waals surface area contributed by atoms with Crippen molar-refractivity contribution in [2.75, 3.05) is 7.11 Å². The van der Waals surface area contributed by atoms with Gasteiger partial charge in [-0.1, -0.05) is 23.4 Å². The summed E-state index contributed by atoms with van der Waals surface area (Å²) in [6.45, 7) is 1.22. The number of hydrogen-bond acceptors (Lipinski definition) is 6. The van der Waals surface area contributed by atoms with Crippen LogP contribution < -0.4 is 4.74 Å². The van der Waals surface area contributed by atoms with Crippen molar-refractivity contribution in [2.24, 2.45) is 0 Å². The van der Waals surface area contributed by atoms with Crippen LogP contribution >= 0.6 is 0 Å². The minimum atomic E-state index is -5.14. The number of rotatable bonds is 5. The average Bonchev–Trinajstić information content (AvgIpc) is 2.86. The number of para-hydroxylation sites is 1. The van der Waals surface area contributed by atoms with Gasteiger partial charge in [-0.2, -0.15) is 13.2 Å². The Morgan fingerprint density at radius 2 is 2.00 bits per heavy atom. The lowest BCUT2D eigenvalue weighted by Crippen LogP contribution is -2.44. The molecule has 1 heterocycles. The fourth-order valence-electron chi connectivity index (χ4n) is 2.33. The standard InChI is InChI=1S/C14H13F3N2O5/c1-8-12(19(21)22)11(24-18-8)7-13(20,14(15,16)17)9-5-3-4-6-10(9)23-2/h3-6,20H,7H2,1-2H3/t13-/m1/s1. The third kappa shape index (κ3) is 2.92. The molecule has 0 unspecified atom stereocenters. The predicted molar refractivity (Wildman–Crippen MR) is 74.5 cm³/mol. The molecule has 0 aliphatic rings. The van der Waals surface area contributed by atoms with Crippen molar-refractivity contribution in [1.29, 1.82) is 0 Å². The van der Waals surface area contributed by atoms with Gasteiger partial charge in [0.1, 0.15) is 5.75 Å². The molecule has 0 fully saturated rings. The first kappa shape index (κ1) is 17.7. The minimum absolute atomic E-state index is 0.181. The highest BCUT2D eigenvalue weighted by atomic mass is 19.4. The minimum Gasteiger partial charge on any atom is -0.496 e. The van der Waals surface area contributed by atoms with Gasteiger partial charge in [-0.25, -0.2) is 0 Å². The van der Waals surface area contributed by atoms with Crippen LogP contribution in [0, 0.1) is 17.0 Å². The highest BCUT2D eigenvalue weighted by Gasteiger charge is 2.57. The Balaban J connectivity index is 2.61. The van der Waals surface area contributed by atoms with Crippen LogP contribution in [0.3, 0.4) is 0 Å². The van der Waals surface area contributed by atoms with E-state index in [9.17, 15) is 28.4 Å². The van der Waals surface area contributed by atoms with Gasteiger partial charge in [0.05, 0.1) is 18.5 Å². The molecule has 0 bridgehead atoms. The van der Waals surface area contributed by atoms with Crippen LogP contribution in [0.5, 0.6) is 5.75 Å². The van der Waals surface area contributed by atoms with Gasteiger partial charge in [0.25, 0.3) is 0 Å². The molecule has 0 saturated carbocycles. The normalized spacial score (nSPS) is 14.2. The van der Waals surface area contributed by atoms with Crippen molar-refractivity contribution in [2.45, 2.75) is 25.1 Å². The molecule has 130 valence electrons. The van der Waals surface area contributed by atoms with Crippen LogP contribution in [-0.4, -0.2) is 28.5 Å². The molecule has 24 heavy (non-hydrogen) atoms. The molecule has 1 aromatic carbocycles. The van der Waals surface area contributed by atoms with Gasteiger partial charge in [0, 0.05) is 5.56 Å². The zero-order valence-electron chi connectivity index (χ0n) is 12.6. The third-order valence-electron chi connectivity index (χ3n) is 3.52. The van der Waals surface area contributed by atoms with E-state index in [1.54, 1.807) is 0 Å². The summed E-state index contributed by atoms with van der Waals surface area (Å²) in [5.41, 5.74) is -4.91. The number of alkyl halides is 3. The first-order chi connectivity index (χ1) is 11.1. The molecule has 0 radical (unpaired) electrons. The van der Waals surface area contributed by atoms with Crippen LogP contribution in [0.1, 0.15) is 17.0 Å². The topological polar surface area (TPSA) is 98.6 Å². The Hall–Kier alpha value is -2.62. The fraction of sp³-hybridized carbons (Fsp3) is 0.357. The lowest BCUT2D eigenvalue weighted by molar-refractivity contribution is -0.387. The Kier molecular flexibility index (Phi) is 4.52. The summed E-state index contributed by atoms with van der Waals surface area (Å²) in [5.74, 6) is -0.889. The maximum atomic E-state index is 13.6. The van der Waals surface area contributed by atoms with E-state index in [-0.39, 0.29) is 11.4 Å². The summed E-state index contributed by atoms with van der Waals surface area (Å²) in [7, 11) is 1.15. The van der Waals surface area contributed by atoms with Gasteiger partial charge in [0.15, 0.2) is 11.3 Å². The van der Waals surface area contributed by atoms with E-state index in [0.717, 1.165) is 13.2 Å². The van der Waals surface area contributed by atoms with Crippen molar-refractivity contribution in [1.82, 2.24) is 5.16 Å². The highest BCUT2D eigenvalue weighted by molar-refractivity contribution is 5.43. The molecule has 2 aromatic rings. The second-order valence-electron chi connectivity index (χ2n) is 5.03. The monoisotopic (exact) mass is 346 g/mol. The number of aromatic nitrogens is 1. The van der Waals surface area contributed by atoms with Crippen molar-refractivity contribution >= 4 is 5.69 Å². The number of benzene rings is 1. The Morgan fingerprint density at radius 1 is 1.38 bits per heavy atom. The summed E-state index contributed by atoms with van der Waals surface area (Å²) in [5, 5.41) is 24.7. The van der Waals surface area contributed by atoms with Crippen LogP contribution in [-0.2, 0) is 12.0 Å². The molecule has 1 N–H and O–H groups in total. The molecular weight excluding hydrogens is 333 g/mol. The summed E-state index contributed by atoms with van der Waals surface area (Å²) >= 11 is 0. The maximum absolute atomic E-state index is 13.6. The van der Waals surface area contributed by atoms with Gasteiger partial charge in [-0.15, -0.1) is 0 Å². The number of methoxy groups -OCH3 is 1. The Bertz CT molecular complexity index is 759. The predicted octanol–water partition coefficient (Wildman–Crippen LogP) is 2.89. The van der Waals surface area contributed by atoms with Gasteiger partial charge in [0.2, 0.25) is 5.76 Å². The molecule has 0 saturated heterocycles. The van der Waals surface area contributed by atoms with Gasteiger partial charge >= 0.3 is 11.9 Å². The van der Waals surface area contributed by atoms with Crippen molar-refractivity contribution in [3.05, 3.63) is 51.4 Å². The summed E-state index contributed by atoms with van der Waals surface area (Å²) < 4.78 is 50.3. The highest BCUT2D eigenvalue weighted by Crippen LogP contribution is 2.46. The van der Waals surface area contributed by atoms with Crippen LogP contribution in [0.2, 0.25) is 0 Å². The Morgan fingerprint density at radius 3 is 2.54 bits per heavy atom. The van der Waals surface area contributed by atoms with Crippen LogP contribution in [0.15, 0.2) is 28.8 Å². The van der Waals surface area contributed by atoms with E-state index >= 15 is 0 Å². The first-order valence-corrected chi connectivity index (χ1v) is 6.64. The fourth-order valence-corrected chi connectivity index (χ4v) is 2.33. The van der Waals surface area contributed by atoms with E-state index in [1.807, 2.05) is 0 Å². The summed E-state index contributed by atoms with van der Waals surface area (Å²) in [4.78, 5) is 10.1. The van der Waals surface area contributed by atoms with Gasteiger partial charge in [-0.3, -0.25) is 10.1 Å². The molecule has 10 heteroatoms. The van der Waals surface area contributed by atoms with E-state index in [1.165, 1.54) is 25.1 Å². The quantitative estimate of drug-likeness (QED) is 0.660. The van der Waals surface area contributed by atoms with E-state index in [0.29, 0.717) is 0 Å². The van der Waals surface area contributed by atoms with Crippen molar-refractivity contribution in [3.8, 4) is 5.75 Å². The smallest absolute Gasteiger partial charge is 0.422 e. The zero-order chi connectivity index (χ0) is 18.1. The summed E-state index contributed by atoms with van der Waals surface area (Å²) in [6.07, 6.45) is -6.36. The molecule has 0 aliphatic heterocycles. The molecule has 2 rings (SSSR count). The lowest BCUT2D eigenvalue weighted by atomic mass is 9.87. The van der Waals surface area contributed by atoms with E-state index < -0.39 is 40.1 Å². The number of nitrogens with zero attached hydrogens (tertiary/aromatic N) is 2. The van der Waals surface area contributed by atoms with E-state index in [4.69, 9.17) is 4.74 Å². The SMILES string of the molecule is COc1ccccc1[C@](O)(Cc1onc(C)c1[N+](=O)[O-])C(F)(F)F. The molecule has 1 aromatic heterocycles. The molecule has 1 atom stereocenters. The number of hydrogen-bond donors (Lipinski definition) is 1. The van der Waals surface area contributed by atoms with Gasteiger partial charge < -0.3 is 14.4 Å². The van der Waals surface area contributed by atoms with Crippen molar-refractivity contribution < 1.29 is 32.5 Å². The molecular formula is C14H13F3N2O5. The molecule has 7 nitrogen and oxygen atoms in total. The average molecular weight is 346 g/mol. The second kappa shape index (κ2) is 6.11. The van der Waals surface area contributed by atoms with Crippen molar-refractivity contribution in [3.63, 3.8) is 0 Å². The van der Waals surface area contributed by atoms with Crippen LogP contribution in [0.4, 0.5) is 18.9 Å². The number of halogens is 3. The van der Waals surface area contributed by atoms with E-state index in [2.05, 4.69) is 9.68 Å². The number of aliphatic hydroxyl groups is 1. The second-order valence-corrected chi connectivity index (χ2v) is 5.03. The lowest BCUT2D eigenvalue weighted by Gasteiger charge is -2.31. The summed E-state index contributed by atoms with van der Waals surface area (Å²) in [6, 6.07) is 4.99. The third-order valence-corrected chi connectivity index (χ3v) is 3.52. The molecule has 0 amide bonds. The Labute approximate surface area is 133 Å². The number of aryl methyl sites for hydroxylation is 1. The molecule has 0 aliphatic carbocycles. The zero-order valence-corrected chi connectivity index (χ0v) is 12.6. The largest absolute Gasteiger partial charge is 0.496 e. The number of nitro groups is 1.